The Bertz CT molecular complexity index is 901. The molecule has 5 heteroatoms. The molecule has 1 unspecified atom stereocenters. The highest BCUT2D eigenvalue weighted by Crippen LogP contribution is 2.26. The number of ether oxygens (including phenoxy) is 3. The van der Waals surface area contributed by atoms with E-state index in [0.29, 0.717) is 22.9 Å². The van der Waals surface area contributed by atoms with E-state index >= 15 is 0 Å². The fraction of sp³-hybridized carbons (Fsp3) is 0.174. The standard InChI is InChI=1S/C23H23NO4/c1-16(23(25)24-19-13-21(26-2)15-22(14-19)27-3)28-20-11-9-18(10-12-20)17-7-5-4-6-8-17/h4-16H,1-3H3,(H,24,25). The van der Waals surface area contributed by atoms with Gasteiger partial charge < -0.3 is 19.5 Å². The zero-order valence-corrected chi connectivity index (χ0v) is 16.1. The van der Waals surface area contributed by atoms with Gasteiger partial charge in [0.05, 0.1) is 14.2 Å². The Hall–Kier alpha value is -3.47. The number of rotatable bonds is 7. The molecule has 0 spiro atoms. The van der Waals surface area contributed by atoms with Crippen LogP contribution >= 0.6 is 0 Å². The number of hydrogen-bond acceptors (Lipinski definition) is 4. The van der Waals surface area contributed by atoms with Crippen LogP contribution in [-0.4, -0.2) is 26.2 Å². The van der Waals surface area contributed by atoms with Crippen LogP contribution in [0, 0.1) is 0 Å². The first kappa shape index (κ1) is 19.3. The zero-order valence-electron chi connectivity index (χ0n) is 16.1. The van der Waals surface area contributed by atoms with Crippen molar-refractivity contribution in [2.24, 2.45) is 0 Å². The molecular formula is C23H23NO4. The maximum Gasteiger partial charge on any atom is 0.265 e. The van der Waals surface area contributed by atoms with Gasteiger partial charge in [0, 0.05) is 23.9 Å². The minimum atomic E-state index is -0.667. The van der Waals surface area contributed by atoms with Crippen LogP contribution in [0.5, 0.6) is 17.2 Å². The molecular weight excluding hydrogens is 354 g/mol. The van der Waals surface area contributed by atoms with E-state index in [2.05, 4.69) is 5.32 Å². The lowest BCUT2D eigenvalue weighted by Crippen LogP contribution is -2.30. The summed E-state index contributed by atoms with van der Waals surface area (Å²) in [6.07, 6.45) is -0.667. The van der Waals surface area contributed by atoms with Crippen LogP contribution in [0.3, 0.4) is 0 Å². The van der Waals surface area contributed by atoms with Gasteiger partial charge >= 0.3 is 0 Å². The van der Waals surface area contributed by atoms with Gasteiger partial charge in [0.2, 0.25) is 0 Å². The summed E-state index contributed by atoms with van der Waals surface area (Å²) in [6, 6.07) is 22.9. The molecule has 0 fully saturated rings. The van der Waals surface area contributed by atoms with Crippen molar-refractivity contribution >= 4 is 11.6 Å². The Labute approximate surface area is 164 Å². The van der Waals surface area contributed by atoms with Crippen molar-refractivity contribution in [2.75, 3.05) is 19.5 Å². The quantitative estimate of drug-likeness (QED) is 0.644. The molecule has 0 heterocycles. The largest absolute Gasteiger partial charge is 0.497 e. The molecule has 3 aromatic rings. The van der Waals surface area contributed by atoms with Gasteiger partial charge in [0.1, 0.15) is 17.2 Å². The predicted octanol–water partition coefficient (Wildman–Crippen LogP) is 4.78. The summed E-state index contributed by atoms with van der Waals surface area (Å²) < 4.78 is 16.2. The highest BCUT2D eigenvalue weighted by molar-refractivity contribution is 5.94. The van der Waals surface area contributed by atoms with E-state index < -0.39 is 6.10 Å². The number of carbonyl (C=O) groups is 1. The molecule has 0 bridgehead atoms. The maximum atomic E-state index is 12.5. The fourth-order valence-electron chi connectivity index (χ4n) is 2.74. The summed E-state index contributed by atoms with van der Waals surface area (Å²) in [7, 11) is 3.12. The summed E-state index contributed by atoms with van der Waals surface area (Å²) in [5, 5.41) is 2.82. The van der Waals surface area contributed by atoms with Crippen LogP contribution < -0.4 is 19.5 Å². The molecule has 1 atom stereocenters. The molecule has 3 aromatic carbocycles. The normalized spacial score (nSPS) is 11.4. The second-order valence-corrected chi connectivity index (χ2v) is 6.24. The molecule has 0 aliphatic heterocycles. The van der Waals surface area contributed by atoms with Crippen LogP contribution in [0.2, 0.25) is 0 Å². The van der Waals surface area contributed by atoms with Crippen LogP contribution in [0.15, 0.2) is 72.8 Å². The van der Waals surface area contributed by atoms with Crippen molar-refractivity contribution in [3.8, 4) is 28.4 Å². The maximum absolute atomic E-state index is 12.5. The van der Waals surface area contributed by atoms with E-state index in [4.69, 9.17) is 14.2 Å². The third kappa shape index (κ3) is 4.82. The summed E-state index contributed by atoms with van der Waals surface area (Å²) in [6.45, 7) is 1.71. The molecule has 3 rings (SSSR count). The second-order valence-electron chi connectivity index (χ2n) is 6.24. The average Bonchev–Trinajstić information content (AvgIpc) is 2.74. The van der Waals surface area contributed by atoms with Crippen molar-refractivity contribution in [3.63, 3.8) is 0 Å². The van der Waals surface area contributed by atoms with Gasteiger partial charge in [-0.2, -0.15) is 0 Å². The number of hydrogen-bond donors (Lipinski definition) is 1. The number of benzene rings is 3. The Balaban J connectivity index is 1.64. The minimum Gasteiger partial charge on any atom is -0.497 e. The third-order valence-corrected chi connectivity index (χ3v) is 4.26. The van der Waals surface area contributed by atoms with Gasteiger partial charge in [-0.15, -0.1) is 0 Å². The lowest BCUT2D eigenvalue weighted by Gasteiger charge is -2.16. The highest BCUT2D eigenvalue weighted by atomic mass is 16.5. The first-order valence-corrected chi connectivity index (χ1v) is 8.95. The van der Waals surface area contributed by atoms with E-state index in [1.165, 1.54) is 0 Å². The van der Waals surface area contributed by atoms with Crippen molar-refractivity contribution in [1.29, 1.82) is 0 Å². The van der Waals surface area contributed by atoms with Gasteiger partial charge in [-0.05, 0) is 30.2 Å². The molecule has 0 aromatic heterocycles. The molecule has 0 radical (unpaired) electrons. The third-order valence-electron chi connectivity index (χ3n) is 4.26. The number of anilines is 1. The molecule has 0 saturated carbocycles. The number of methoxy groups -OCH3 is 2. The van der Waals surface area contributed by atoms with E-state index in [9.17, 15) is 4.79 Å². The van der Waals surface area contributed by atoms with Gasteiger partial charge in [0.15, 0.2) is 6.10 Å². The Morgan fingerprint density at radius 1 is 0.786 bits per heavy atom. The summed E-state index contributed by atoms with van der Waals surface area (Å²) >= 11 is 0. The van der Waals surface area contributed by atoms with Gasteiger partial charge in [-0.1, -0.05) is 42.5 Å². The number of carbonyl (C=O) groups excluding carboxylic acids is 1. The molecule has 1 amide bonds. The Morgan fingerprint density at radius 2 is 1.36 bits per heavy atom. The Kier molecular flexibility index (Phi) is 6.17. The van der Waals surface area contributed by atoms with E-state index in [1.54, 1.807) is 39.3 Å². The monoisotopic (exact) mass is 377 g/mol. The first-order chi connectivity index (χ1) is 13.6. The summed E-state index contributed by atoms with van der Waals surface area (Å²) in [4.78, 5) is 12.5. The minimum absolute atomic E-state index is 0.262. The number of amides is 1. The van der Waals surface area contributed by atoms with Crippen molar-refractivity contribution in [1.82, 2.24) is 0 Å². The predicted molar refractivity (Wildman–Crippen MR) is 110 cm³/mol. The van der Waals surface area contributed by atoms with Gasteiger partial charge in [-0.3, -0.25) is 4.79 Å². The molecule has 0 aliphatic rings. The Morgan fingerprint density at radius 3 is 1.93 bits per heavy atom. The number of nitrogens with one attached hydrogen (secondary N) is 1. The lowest BCUT2D eigenvalue weighted by molar-refractivity contribution is -0.122. The smallest absolute Gasteiger partial charge is 0.265 e. The van der Waals surface area contributed by atoms with E-state index in [1.807, 2.05) is 54.6 Å². The van der Waals surface area contributed by atoms with Crippen LogP contribution in [0.25, 0.3) is 11.1 Å². The van der Waals surface area contributed by atoms with Crippen LogP contribution in [-0.2, 0) is 4.79 Å². The topological polar surface area (TPSA) is 56.8 Å². The molecule has 0 aliphatic carbocycles. The fourth-order valence-corrected chi connectivity index (χ4v) is 2.74. The van der Waals surface area contributed by atoms with Crippen molar-refractivity contribution in [2.45, 2.75) is 13.0 Å². The van der Waals surface area contributed by atoms with E-state index in [0.717, 1.165) is 11.1 Å². The molecule has 5 nitrogen and oxygen atoms in total. The van der Waals surface area contributed by atoms with Crippen LogP contribution in [0.4, 0.5) is 5.69 Å². The highest BCUT2D eigenvalue weighted by Gasteiger charge is 2.16. The lowest BCUT2D eigenvalue weighted by atomic mass is 10.1. The SMILES string of the molecule is COc1cc(NC(=O)C(C)Oc2ccc(-c3ccccc3)cc2)cc(OC)c1. The first-order valence-electron chi connectivity index (χ1n) is 8.95. The second kappa shape index (κ2) is 8.95. The molecule has 0 saturated heterocycles. The van der Waals surface area contributed by atoms with Crippen molar-refractivity contribution in [3.05, 3.63) is 72.8 Å². The molecule has 28 heavy (non-hydrogen) atoms. The summed E-state index contributed by atoms with van der Waals surface area (Å²) in [5.41, 5.74) is 2.80. The zero-order chi connectivity index (χ0) is 19.9. The van der Waals surface area contributed by atoms with Crippen molar-refractivity contribution < 1.29 is 19.0 Å². The summed E-state index contributed by atoms with van der Waals surface area (Å²) in [5.74, 6) is 1.56. The molecule has 144 valence electrons. The van der Waals surface area contributed by atoms with Gasteiger partial charge in [0.25, 0.3) is 5.91 Å². The van der Waals surface area contributed by atoms with Crippen LogP contribution in [0.1, 0.15) is 6.92 Å². The van der Waals surface area contributed by atoms with E-state index in [-0.39, 0.29) is 5.91 Å². The van der Waals surface area contributed by atoms with Gasteiger partial charge in [-0.25, -0.2) is 0 Å². The average molecular weight is 377 g/mol. The molecule has 1 N–H and O–H groups in total.